The lowest BCUT2D eigenvalue weighted by Crippen LogP contribution is -2.23. The molecule has 5 nitrogen and oxygen atoms in total. The van der Waals surface area contributed by atoms with Crippen molar-refractivity contribution >= 4 is 12.2 Å². The van der Waals surface area contributed by atoms with Crippen molar-refractivity contribution in [2.24, 2.45) is 21.7 Å². The highest BCUT2D eigenvalue weighted by Crippen LogP contribution is 2.07. The molecule has 0 aliphatic carbocycles. The molecule has 0 amide bonds. The minimum absolute atomic E-state index is 0.0348. The molecular weight excluding hydrogens is 250 g/mol. The van der Waals surface area contributed by atoms with Crippen LogP contribution in [0.4, 0.5) is 0 Å². The molecule has 0 heterocycles. The average Bonchev–Trinajstić information content (AvgIpc) is 2.44. The highest BCUT2D eigenvalue weighted by molar-refractivity contribution is 5.81. The molecule has 5 heteroatoms. The van der Waals surface area contributed by atoms with Crippen LogP contribution in [0.15, 0.2) is 34.5 Å². The number of rotatable bonds is 8. The molecule has 20 heavy (non-hydrogen) atoms. The second kappa shape index (κ2) is 9.09. The predicted molar refractivity (Wildman–Crippen MR) is 85.7 cm³/mol. The Balaban J connectivity index is 2.57. The summed E-state index contributed by atoms with van der Waals surface area (Å²) in [6, 6.07) is 8.28. The lowest BCUT2D eigenvalue weighted by atomic mass is 10.1. The van der Waals surface area contributed by atoms with Crippen LogP contribution in [0.5, 0.6) is 0 Å². The van der Waals surface area contributed by atoms with E-state index in [1.165, 1.54) is 18.4 Å². The first kappa shape index (κ1) is 16.2. The number of hydrogen-bond donors (Lipinski definition) is 2. The van der Waals surface area contributed by atoms with Gasteiger partial charge in [-0.3, -0.25) is 4.90 Å². The molecule has 1 aromatic rings. The minimum Gasteiger partial charge on any atom is -0.369 e. The van der Waals surface area contributed by atoms with Gasteiger partial charge in [-0.2, -0.15) is 5.10 Å². The Hall–Kier alpha value is -1.88. The molecule has 1 aromatic carbocycles. The minimum atomic E-state index is -0.0348. The fraction of sp³-hybridized carbons (Fsp3) is 0.467. The van der Waals surface area contributed by atoms with Crippen LogP contribution in [0.1, 0.15) is 37.8 Å². The zero-order valence-corrected chi connectivity index (χ0v) is 12.4. The van der Waals surface area contributed by atoms with Crippen molar-refractivity contribution in [3.05, 3.63) is 35.4 Å². The molecule has 0 radical (unpaired) electrons. The molecule has 0 spiro atoms. The van der Waals surface area contributed by atoms with E-state index < -0.39 is 0 Å². The van der Waals surface area contributed by atoms with Gasteiger partial charge in [-0.25, -0.2) is 0 Å². The summed E-state index contributed by atoms with van der Waals surface area (Å²) in [6.45, 7) is 7.64. The van der Waals surface area contributed by atoms with Gasteiger partial charge in [0.15, 0.2) is 0 Å². The zero-order chi connectivity index (χ0) is 14.8. The molecule has 0 saturated heterocycles. The Morgan fingerprint density at radius 2 is 1.90 bits per heavy atom. The van der Waals surface area contributed by atoms with E-state index in [9.17, 15) is 0 Å². The summed E-state index contributed by atoms with van der Waals surface area (Å²) in [4.78, 5) is 2.45. The molecule has 0 aliphatic heterocycles. The van der Waals surface area contributed by atoms with E-state index in [0.29, 0.717) is 0 Å². The van der Waals surface area contributed by atoms with Crippen LogP contribution in [0.2, 0.25) is 0 Å². The first-order chi connectivity index (χ1) is 9.65. The van der Waals surface area contributed by atoms with Gasteiger partial charge < -0.3 is 11.5 Å². The van der Waals surface area contributed by atoms with Crippen LogP contribution >= 0.6 is 0 Å². The van der Waals surface area contributed by atoms with Crippen molar-refractivity contribution in [1.82, 2.24) is 4.90 Å². The lowest BCUT2D eigenvalue weighted by Gasteiger charge is -2.20. The third kappa shape index (κ3) is 6.33. The predicted octanol–water partition coefficient (Wildman–Crippen LogP) is 1.92. The average molecular weight is 275 g/mol. The molecule has 110 valence electrons. The van der Waals surface area contributed by atoms with Crippen LogP contribution in [0.25, 0.3) is 0 Å². The zero-order valence-electron chi connectivity index (χ0n) is 12.4. The van der Waals surface area contributed by atoms with E-state index in [4.69, 9.17) is 11.5 Å². The second-order valence-corrected chi connectivity index (χ2v) is 4.73. The number of nitrogens with two attached hydrogens (primary N) is 2. The number of unbranched alkanes of at least 4 members (excludes halogenated alkanes) is 1. The quantitative estimate of drug-likeness (QED) is 0.432. The first-order valence-corrected chi connectivity index (χ1v) is 7.09. The summed E-state index contributed by atoms with van der Waals surface area (Å²) < 4.78 is 0. The van der Waals surface area contributed by atoms with Gasteiger partial charge in [-0.15, -0.1) is 5.10 Å². The number of benzene rings is 1. The van der Waals surface area contributed by atoms with Crippen LogP contribution in [0, 0.1) is 0 Å². The fourth-order valence-corrected chi connectivity index (χ4v) is 1.86. The Morgan fingerprint density at radius 3 is 2.45 bits per heavy atom. The largest absolute Gasteiger partial charge is 0.369 e. The van der Waals surface area contributed by atoms with Crippen LogP contribution in [-0.2, 0) is 6.54 Å². The molecule has 0 aliphatic rings. The van der Waals surface area contributed by atoms with Gasteiger partial charge in [0.2, 0.25) is 5.96 Å². The topological polar surface area (TPSA) is 80.0 Å². The van der Waals surface area contributed by atoms with E-state index in [1.54, 1.807) is 6.21 Å². The number of hydrogen-bond acceptors (Lipinski definition) is 3. The molecular formula is C15H25N5. The Morgan fingerprint density at radius 1 is 1.20 bits per heavy atom. The SMILES string of the molecule is CCCCN(CC)Cc1ccc(C=NN=C(N)N)cc1. The summed E-state index contributed by atoms with van der Waals surface area (Å²) in [5, 5.41) is 7.36. The van der Waals surface area contributed by atoms with E-state index in [-0.39, 0.29) is 5.96 Å². The summed E-state index contributed by atoms with van der Waals surface area (Å²) in [5.41, 5.74) is 12.7. The van der Waals surface area contributed by atoms with Crippen molar-refractivity contribution in [2.45, 2.75) is 33.2 Å². The highest BCUT2D eigenvalue weighted by Gasteiger charge is 2.02. The van der Waals surface area contributed by atoms with E-state index in [0.717, 1.165) is 25.2 Å². The maximum absolute atomic E-state index is 5.20. The summed E-state index contributed by atoms with van der Waals surface area (Å²) >= 11 is 0. The molecule has 0 atom stereocenters. The molecule has 1 rings (SSSR count). The van der Waals surface area contributed by atoms with Gasteiger partial charge in [-0.1, -0.05) is 44.5 Å². The third-order valence-corrected chi connectivity index (χ3v) is 3.04. The Kier molecular flexibility index (Phi) is 7.35. The van der Waals surface area contributed by atoms with Crippen molar-refractivity contribution in [2.75, 3.05) is 13.1 Å². The van der Waals surface area contributed by atoms with Crippen LogP contribution < -0.4 is 11.5 Å². The number of guanidine groups is 1. The normalized spacial score (nSPS) is 11.2. The Bertz CT molecular complexity index is 432. The maximum atomic E-state index is 5.20. The summed E-state index contributed by atoms with van der Waals surface area (Å²) in [5.74, 6) is -0.0348. The standard InChI is InChI=1S/C15H25N5/c1-3-5-10-20(4-2)12-14-8-6-13(7-9-14)11-18-19-15(16)17/h6-9,11H,3-5,10,12H2,1-2H3,(H4,16,17,19). The van der Waals surface area contributed by atoms with Crippen molar-refractivity contribution in [3.8, 4) is 0 Å². The van der Waals surface area contributed by atoms with Gasteiger partial charge in [-0.05, 0) is 30.6 Å². The molecule has 0 fully saturated rings. The van der Waals surface area contributed by atoms with Gasteiger partial charge in [0.25, 0.3) is 0 Å². The summed E-state index contributed by atoms with van der Waals surface area (Å²) in [6.07, 6.45) is 4.12. The fourth-order valence-electron chi connectivity index (χ4n) is 1.86. The first-order valence-electron chi connectivity index (χ1n) is 7.09. The van der Waals surface area contributed by atoms with Gasteiger partial charge in [0, 0.05) is 6.54 Å². The van der Waals surface area contributed by atoms with Gasteiger partial charge in [0.1, 0.15) is 0 Å². The monoisotopic (exact) mass is 275 g/mol. The van der Waals surface area contributed by atoms with Crippen molar-refractivity contribution < 1.29 is 0 Å². The molecule has 0 bridgehead atoms. The lowest BCUT2D eigenvalue weighted by molar-refractivity contribution is 0.275. The smallest absolute Gasteiger partial charge is 0.211 e. The van der Waals surface area contributed by atoms with Gasteiger partial charge >= 0.3 is 0 Å². The molecule has 0 aromatic heterocycles. The Labute approximate surface area is 121 Å². The van der Waals surface area contributed by atoms with Gasteiger partial charge in [0.05, 0.1) is 6.21 Å². The highest BCUT2D eigenvalue weighted by atomic mass is 15.3. The molecule has 0 saturated carbocycles. The van der Waals surface area contributed by atoms with E-state index in [2.05, 4.69) is 41.1 Å². The second-order valence-electron chi connectivity index (χ2n) is 4.73. The van der Waals surface area contributed by atoms with Crippen molar-refractivity contribution in [1.29, 1.82) is 0 Å². The molecule has 0 unspecified atom stereocenters. The summed E-state index contributed by atoms with van der Waals surface area (Å²) in [7, 11) is 0. The van der Waals surface area contributed by atoms with E-state index >= 15 is 0 Å². The molecule has 4 N–H and O–H groups in total. The number of nitrogens with zero attached hydrogens (tertiary/aromatic N) is 3. The third-order valence-electron chi connectivity index (χ3n) is 3.04. The van der Waals surface area contributed by atoms with Crippen LogP contribution in [-0.4, -0.2) is 30.2 Å². The van der Waals surface area contributed by atoms with Crippen molar-refractivity contribution in [3.63, 3.8) is 0 Å². The van der Waals surface area contributed by atoms with Crippen LogP contribution in [0.3, 0.4) is 0 Å². The van der Waals surface area contributed by atoms with E-state index in [1.807, 2.05) is 12.1 Å². The maximum Gasteiger partial charge on any atom is 0.211 e.